The molecule has 132 valence electrons. The van der Waals surface area contributed by atoms with Gasteiger partial charge in [0.2, 0.25) is 0 Å². The van der Waals surface area contributed by atoms with Crippen molar-refractivity contribution in [2.45, 2.75) is 37.8 Å². The number of nitrogens with zero attached hydrogens (tertiary/aromatic N) is 2. The Hall–Kier alpha value is -2.19. The van der Waals surface area contributed by atoms with Crippen LogP contribution in [0.25, 0.3) is 0 Å². The Bertz CT molecular complexity index is 911. The number of likely N-dealkylation sites (tertiary alicyclic amines) is 1. The number of nitrogens with two attached hydrogens (primary N) is 1. The normalized spacial score (nSPS) is 20.9. The first-order valence-electron chi connectivity index (χ1n) is 8.51. The van der Waals surface area contributed by atoms with Gasteiger partial charge in [0.1, 0.15) is 11.4 Å². The van der Waals surface area contributed by atoms with E-state index in [0.717, 1.165) is 32.2 Å². The van der Waals surface area contributed by atoms with Gasteiger partial charge in [0.15, 0.2) is 5.78 Å². The number of aromatic amines is 1. The van der Waals surface area contributed by atoms with Gasteiger partial charge in [-0.3, -0.25) is 24.0 Å². The average molecular weight is 360 g/mol. The summed E-state index contributed by atoms with van der Waals surface area (Å²) in [6.07, 6.45) is 3.71. The number of Topliss-reactive ketones (excluding diaryl/α,β-unsaturated/α-hetero) is 1. The second-order valence-electron chi connectivity index (χ2n) is 6.69. The molecule has 1 aliphatic carbocycles. The molecule has 0 radical (unpaired) electrons. The lowest BCUT2D eigenvalue weighted by Gasteiger charge is -2.23. The Morgan fingerprint density at radius 2 is 2.12 bits per heavy atom. The lowest BCUT2D eigenvalue weighted by atomic mass is 10.1. The van der Waals surface area contributed by atoms with Crippen molar-refractivity contribution >= 4 is 22.9 Å². The quantitative estimate of drug-likeness (QED) is 0.788. The number of hydrogen-bond donors (Lipinski definition) is 2. The number of hydrogen-bond acceptors (Lipinski definition) is 6. The van der Waals surface area contributed by atoms with Crippen LogP contribution in [0.4, 0.5) is 5.82 Å². The molecule has 1 atom stereocenters. The van der Waals surface area contributed by atoms with Gasteiger partial charge in [0, 0.05) is 17.0 Å². The third kappa shape index (κ3) is 2.96. The van der Waals surface area contributed by atoms with Crippen LogP contribution in [0.5, 0.6) is 0 Å². The van der Waals surface area contributed by atoms with Gasteiger partial charge in [-0.2, -0.15) is 0 Å². The Morgan fingerprint density at radius 3 is 2.80 bits per heavy atom. The second-order valence-corrected chi connectivity index (χ2v) is 7.67. The maximum Gasteiger partial charge on any atom is 0.330 e. The molecule has 3 heterocycles. The first kappa shape index (κ1) is 16.3. The van der Waals surface area contributed by atoms with Crippen molar-refractivity contribution in [3.63, 3.8) is 0 Å². The van der Waals surface area contributed by atoms with E-state index >= 15 is 0 Å². The zero-order chi connectivity index (χ0) is 17.6. The number of ketones is 1. The van der Waals surface area contributed by atoms with Crippen molar-refractivity contribution in [2.75, 3.05) is 18.8 Å². The number of carbonyl (C=O) groups excluding carboxylic acids is 1. The van der Waals surface area contributed by atoms with Crippen LogP contribution < -0.4 is 17.0 Å². The minimum atomic E-state index is -0.684. The van der Waals surface area contributed by atoms with Crippen LogP contribution >= 0.6 is 11.3 Å². The second kappa shape index (κ2) is 6.27. The highest BCUT2D eigenvalue weighted by Gasteiger charge is 2.32. The van der Waals surface area contributed by atoms with Crippen molar-refractivity contribution in [1.82, 2.24) is 14.5 Å². The van der Waals surface area contributed by atoms with Crippen molar-refractivity contribution in [1.29, 1.82) is 0 Å². The van der Waals surface area contributed by atoms with Crippen LogP contribution in [0.3, 0.4) is 0 Å². The topological polar surface area (TPSA) is 101 Å². The zero-order valence-electron chi connectivity index (χ0n) is 13.7. The molecule has 4 rings (SSSR count). The molecule has 1 saturated heterocycles. The summed E-state index contributed by atoms with van der Waals surface area (Å²) in [4.78, 5) is 42.6. The van der Waals surface area contributed by atoms with Crippen molar-refractivity contribution in [3.05, 3.63) is 48.8 Å². The summed E-state index contributed by atoms with van der Waals surface area (Å²) in [5.74, 6) is -0.315. The summed E-state index contributed by atoms with van der Waals surface area (Å²) < 4.78 is 1.36. The van der Waals surface area contributed by atoms with Crippen molar-refractivity contribution < 1.29 is 4.79 Å². The van der Waals surface area contributed by atoms with Crippen molar-refractivity contribution in [2.24, 2.45) is 0 Å². The summed E-state index contributed by atoms with van der Waals surface area (Å²) >= 11 is 1.68. The van der Waals surface area contributed by atoms with Crippen molar-refractivity contribution in [3.8, 4) is 0 Å². The number of nitrogen functional groups attached to an aromatic ring is 1. The standard InChI is InChI=1S/C17H20N4O3S/c18-15-14(16(23)19-17(24)21(15)10-5-6-10)12(22)9-20-7-1-3-11(20)13-4-2-8-25-13/h2,4,8,10-11H,1,3,5-7,9,18H2,(H,19,23,24)/t11-/m0/s1. The Labute approximate surface area is 148 Å². The molecule has 0 amide bonds. The number of anilines is 1. The summed E-state index contributed by atoms with van der Waals surface area (Å²) in [5.41, 5.74) is 4.74. The van der Waals surface area contributed by atoms with E-state index in [1.807, 2.05) is 11.4 Å². The fourth-order valence-electron chi connectivity index (χ4n) is 3.61. The van der Waals surface area contributed by atoms with E-state index in [1.54, 1.807) is 11.3 Å². The molecule has 2 aromatic heterocycles. The van der Waals surface area contributed by atoms with E-state index in [4.69, 9.17) is 5.73 Å². The minimum Gasteiger partial charge on any atom is -0.384 e. The van der Waals surface area contributed by atoms with Gasteiger partial charge in [0.25, 0.3) is 5.56 Å². The molecule has 0 aromatic carbocycles. The van der Waals surface area contributed by atoms with Gasteiger partial charge in [-0.05, 0) is 43.7 Å². The Balaban J connectivity index is 1.62. The van der Waals surface area contributed by atoms with Gasteiger partial charge >= 0.3 is 5.69 Å². The first-order chi connectivity index (χ1) is 12.1. The van der Waals surface area contributed by atoms with Gasteiger partial charge in [0.05, 0.1) is 6.54 Å². The number of nitrogens with one attached hydrogen (secondary N) is 1. The lowest BCUT2D eigenvalue weighted by molar-refractivity contribution is 0.0921. The first-order valence-corrected chi connectivity index (χ1v) is 9.39. The number of carbonyl (C=O) groups is 1. The highest BCUT2D eigenvalue weighted by atomic mass is 32.1. The molecule has 1 saturated carbocycles. The number of rotatable bonds is 5. The summed E-state index contributed by atoms with van der Waals surface area (Å²) in [7, 11) is 0. The molecule has 7 nitrogen and oxygen atoms in total. The van der Waals surface area contributed by atoms with Crippen LogP contribution in [0.2, 0.25) is 0 Å². The van der Waals surface area contributed by atoms with Crippen LogP contribution in [0.1, 0.15) is 53.0 Å². The van der Waals surface area contributed by atoms with Crippen LogP contribution in [-0.4, -0.2) is 33.3 Å². The number of thiophene rings is 1. The van der Waals surface area contributed by atoms with Crippen LogP contribution in [-0.2, 0) is 0 Å². The van der Waals surface area contributed by atoms with E-state index in [1.165, 1.54) is 9.44 Å². The predicted octanol–water partition coefficient (Wildman–Crippen LogP) is 1.53. The molecule has 25 heavy (non-hydrogen) atoms. The van der Waals surface area contributed by atoms with Gasteiger partial charge in [-0.25, -0.2) is 4.79 Å². The maximum absolute atomic E-state index is 12.8. The number of H-pyrrole nitrogens is 1. The van der Waals surface area contributed by atoms with Crippen LogP contribution in [0, 0.1) is 0 Å². The monoisotopic (exact) mass is 360 g/mol. The summed E-state index contributed by atoms with van der Waals surface area (Å²) in [6, 6.07) is 4.29. The molecule has 3 N–H and O–H groups in total. The van der Waals surface area contributed by atoms with E-state index in [9.17, 15) is 14.4 Å². The maximum atomic E-state index is 12.8. The van der Waals surface area contributed by atoms with E-state index in [-0.39, 0.29) is 35.8 Å². The SMILES string of the molecule is Nc1c(C(=O)CN2CCC[C@H]2c2cccs2)c(=O)[nH]c(=O)n1C1CC1. The Kier molecular flexibility index (Phi) is 4.09. The van der Waals surface area contributed by atoms with Gasteiger partial charge in [-0.1, -0.05) is 6.07 Å². The van der Waals surface area contributed by atoms with E-state index < -0.39 is 11.2 Å². The fraction of sp³-hybridized carbons (Fsp3) is 0.471. The fourth-order valence-corrected chi connectivity index (χ4v) is 4.51. The molecule has 8 heteroatoms. The highest BCUT2D eigenvalue weighted by Crippen LogP contribution is 2.36. The zero-order valence-corrected chi connectivity index (χ0v) is 14.6. The van der Waals surface area contributed by atoms with Gasteiger partial charge in [-0.15, -0.1) is 11.3 Å². The molecule has 2 aromatic rings. The number of aromatic nitrogens is 2. The summed E-state index contributed by atoms with van der Waals surface area (Å²) in [5, 5.41) is 2.03. The predicted molar refractivity (Wildman–Crippen MR) is 96.2 cm³/mol. The van der Waals surface area contributed by atoms with E-state index in [2.05, 4.69) is 16.0 Å². The molecule has 2 fully saturated rings. The third-order valence-corrected chi connectivity index (χ3v) is 5.93. The molecule has 1 aliphatic heterocycles. The molecule has 0 bridgehead atoms. The molecule has 0 spiro atoms. The largest absolute Gasteiger partial charge is 0.384 e. The highest BCUT2D eigenvalue weighted by molar-refractivity contribution is 7.10. The smallest absolute Gasteiger partial charge is 0.330 e. The molecule has 0 unspecified atom stereocenters. The Morgan fingerprint density at radius 1 is 1.32 bits per heavy atom. The summed E-state index contributed by atoms with van der Waals surface area (Å²) in [6.45, 7) is 0.951. The average Bonchev–Trinajstić information content (AvgIpc) is 3.06. The molecular weight excluding hydrogens is 340 g/mol. The minimum absolute atomic E-state index is 0.00144. The third-order valence-electron chi connectivity index (χ3n) is 4.95. The molecule has 2 aliphatic rings. The lowest BCUT2D eigenvalue weighted by Crippen LogP contribution is -2.38. The molecular formula is C17H20N4O3S. The van der Waals surface area contributed by atoms with Gasteiger partial charge < -0.3 is 5.73 Å². The van der Waals surface area contributed by atoms with E-state index in [0.29, 0.717) is 0 Å². The van der Waals surface area contributed by atoms with Crippen LogP contribution in [0.15, 0.2) is 27.1 Å².